The standard InChI is InChI=1S/C21H17ClN4OS/c1-14-2-4-15(5-3-14)18-8-6-16(12-23)21(25-18)28-11-10-20(27)26-19-9-7-17(22)13-24-19/h2-9,13H,10-11H2,1H3,(H,24,26,27). The lowest BCUT2D eigenvalue weighted by atomic mass is 10.1. The van der Waals surface area contributed by atoms with Crippen LogP contribution in [0.5, 0.6) is 0 Å². The number of rotatable bonds is 6. The lowest BCUT2D eigenvalue weighted by Gasteiger charge is -2.08. The topological polar surface area (TPSA) is 78.7 Å². The van der Waals surface area contributed by atoms with Crippen molar-refractivity contribution in [2.45, 2.75) is 18.4 Å². The number of nitrogens with zero attached hydrogens (tertiary/aromatic N) is 3. The highest BCUT2D eigenvalue weighted by molar-refractivity contribution is 7.99. The zero-order valence-corrected chi connectivity index (χ0v) is 16.7. The zero-order chi connectivity index (χ0) is 19.9. The molecule has 2 heterocycles. The summed E-state index contributed by atoms with van der Waals surface area (Å²) in [5.41, 5.74) is 3.47. The van der Waals surface area contributed by atoms with Crippen LogP contribution in [0.15, 0.2) is 59.8 Å². The molecule has 0 radical (unpaired) electrons. The predicted octanol–water partition coefficient (Wildman–Crippen LogP) is 5.10. The van der Waals surface area contributed by atoms with Crippen molar-refractivity contribution in [3.63, 3.8) is 0 Å². The van der Waals surface area contributed by atoms with E-state index in [1.807, 2.05) is 37.3 Å². The van der Waals surface area contributed by atoms with Crippen LogP contribution in [0.2, 0.25) is 5.02 Å². The van der Waals surface area contributed by atoms with Gasteiger partial charge in [-0.15, -0.1) is 11.8 Å². The number of hydrogen-bond donors (Lipinski definition) is 1. The molecule has 0 aliphatic rings. The summed E-state index contributed by atoms with van der Waals surface area (Å²) in [6.45, 7) is 2.03. The van der Waals surface area contributed by atoms with Crippen LogP contribution < -0.4 is 5.32 Å². The minimum atomic E-state index is -0.157. The smallest absolute Gasteiger partial charge is 0.226 e. The highest BCUT2D eigenvalue weighted by Crippen LogP contribution is 2.26. The van der Waals surface area contributed by atoms with Gasteiger partial charge in [-0.1, -0.05) is 41.4 Å². The second kappa shape index (κ2) is 9.36. The minimum Gasteiger partial charge on any atom is -0.311 e. The number of aryl methyl sites for hydroxylation is 1. The first-order valence-electron chi connectivity index (χ1n) is 8.57. The number of halogens is 1. The molecule has 5 nitrogen and oxygen atoms in total. The molecule has 0 bridgehead atoms. The van der Waals surface area contributed by atoms with E-state index in [0.29, 0.717) is 27.2 Å². The molecule has 0 aliphatic heterocycles. The molecule has 0 saturated heterocycles. The Morgan fingerprint density at radius 1 is 1.18 bits per heavy atom. The SMILES string of the molecule is Cc1ccc(-c2ccc(C#N)c(SCCC(=O)Nc3ccc(Cl)cn3)n2)cc1. The second-order valence-corrected chi connectivity index (χ2v) is 7.56. The largest absolute Gasteiger partial charge is 0.311 e. The maximum Gasteiger partial charge on any atom is 0.226 e. The molecule has 140 valence electrons. The molecule has 2 aromatic heterocycles. The van der Waals surface area contributed by atoms with Gasteiger partial charge in [0.15, 0.2) is 0 Å². The number of anilines is 1. The fourth-order valence-electron chi connectivity index (χ4n) is 2.42. The summed E-state index contributed by atoms with van der Waals surface area (Å²) in [5.74, 6) is 0.797. The summed E-state index contributed by atoms with van der Waals surface area (Å²) in [6, 6.07) is 17.1. The van der Waals surface area contributed by atoms with Gasteiger partial charge < -0.3 is 5.32 Å². The zero-order valence-electron chi connectivity index (χ0n) is 15.1. The van der Waals surface area contributed by atoms with E-state index in [2.05, 4.69) is 21.4 Å². The van der Waals surface area contributed by atoms with E-state index < -0.39 is 0 Å². The average molecular weight is 409 g/mol. The van der Waals surface area contributed by atoms with Gasteiger partial charge in [-0.05, 0) is 31.2 Å². The second-order valence-electron chi connectivity index (χ2n) is 6.04. The molecule has 0 unspecified atom stereocenters. The van der Waals surface area contributed by atoms with E-state index in [4.69, 9.17) is 11.6 Å². The molecule has 1 amide bonds. The van der Waals surface area contributed by atoms with Crippen molar-refractivity contribution in [2.75, 3.05) is 11.1 Å². The van der Waals surface area contributed by atoms with E-state index in [0.717, 1.165) is 11.3 Å². The van der Waals surface area contributed by atoms with E-state index in [9.17, 15) is 10.1 Å². The van der Waals surface area contributed by atoms with Gasteiger partial charge in [0.05, 0.1) is 16.3 Å². The van der Waals surface area contributed by atoms with E-state index in [1.54, 1.807) is 18.2 Å². The lowest BCUT2D eigenvalue weighted by molar-refractivity contribution is -0.115. The monoisotopic (exact) mass is 408 g/mol. The maximum atomic E-state index is 12.1. The number of carbonyl (C=O) groups excluding carboxylic acids is 1. The molecule has 0 atom stereocenters. The minimum absolute atomic E-state index is 0.157. The first kappa shape index (κ1) is 19.9. The van der Waals surface area contributed by atoms with Gasteiger partial charge in [-0.2, -0.15) is 5.26 Å². The third-order valence-electron chi connectivity index (χ3n) is 3.89. The van der Waals surface area contributed by atoms with Crippen LogP contribution in [0.1, 0.15) is 17.5 Å². The Morgan fingerprint density at radius 2 is 1.96 bits per heavy atom. The quantitative estimate of drug-likeness (QED) is 0.574. The number of hydrogen-bond acceptors (Lipinski definition) is 5. The molecule has 1 aromatic carbocycles. The summed E-state index contributed by atoms with van der Waals surface area (Å²) in [4.78, 5) is 20.7. The molecule has 7 heteroatoms. The van der Waals surface area contributed by atoms with Crippen molar-refractivity contribution in [2.24, 2.45) is 0 Å². The highest BCUT2D eigenvalue weighted by atomic mass is 35.5. The number of carbonyl (C=O) groups is 1. The molecular weight excluding hydrogens is 392 g/mol. The number of aromatic nitrogens is 2. The molecule has 3 aromatic rings. The molecule has 28 heavy (non-hydrogen) atoms. The summed E-state index contributed by atoms with van der Waals surface area (Å²) in [5, 5.41) is 13.2. The van der Waals surface area contributed by atoms with Crippen molar-refractivity contribution in [1.82, 2.24) is 9.97 Å². The average Bonchev–Trinajstić information content (AvgIpc) is 2.70. The molecule has 0 aliphatic carbocycles. The third kappa shape index (κ3) is 5.32. The van der Waals surface area contributed by atoms with E-state index in [1.165, 1.54) is 23.5 Å². The molecule has 0 spiro atoms. The number of thioether (sulfide) groups is 1. The van der Waals surface area contributed by atoms with Gasteiger partial charge in [0, 0.05) is 23.9 Å². The van der Waals surface area contributed by atoms with Gasteiger partial charge in [0.1, 0.15) is 16.9 Å². The van der Waals surface area contributed by atoms with E-state index in [-0.39, 0.29) is 12.3 Å². The van der Waals surface area contributed by atoms with E-state index >= 15 is 0 Å². The molecule has 0 saturated carbocycles. The normalized spacial score (nSPS) is 10.3. The van der Waals surface area contributed by atoms with Crippen molar-refractivity contribution in [3.05, 3.63) is 70.9 Å². The first-order chi connectivity index (χ1) is 13.5. The van der Waals surface area contributed by atoms with Crippen molar-refractivity contribution >= 4 is 35.1 Å². The Bertz CT molecular complexity index is 1010. The number of amides is 1. The van der Waals surface area contributed by atoms with Crippen molar-refractivity contribution in [3.8, 4) is 17.3 Å². The Kier molecular flexibility index (Phi) is 6.64. The predicted molar refractivity (Wildman–Crippen MR) is 112 cm³/mol. The van der Waals surface area contributed by atoms with Crippen molar-refractivity contribution in [1.29, 1.82) is 5.26 Å². The van der Waals surface area contributed by atoms with Crippen molar-refractivity contribution < 1.29 is 4.79 Å². The molecular formula is C21H17ClN4OS. The number of nitrogens with one attached hydrogen (secondary N) is 1. The molecule has 0 fully saturated rings. The summed E-state index contributed by atoms with van der Waals surface area (Å²) >= 11 is 7.17. The van der Waals surface area contributed by atoms with Crippen LogP contribution in [0.3, 0.4) is 0 Å². The highest BCUT2D eigenvalue weighted by Gasteiger charge is 2.10. The van der Waals surface area contributed by atoms with Gasteiger partial charge in [-0.3, -0.25) is 4.79 Å². The first-order valence-corrected chi connectivity index (χ1v) is 9.94. The maximum absolute atomic E-state index is 12.1. The molecule has 1 N–H and O–H groups in total. The summed E-state index contributed by atoms with van der Waals surface area (Å²) in [6.07, 6.45) is 1.75. The van der Waals surface area contributed by atoms with Crippen LogP contribution in [-0.4, -0.2) is 21.6 Å². The third-order valence-corrected chi connectivity index (χ3v) is 5.11. The fourth-order valence-corrected chi connectivity index (χ4v) is 3.44. The van der Waals surface area contributed by atoms with Gasteiger partial charge in [0.25, 0.3) is 0 Å². The fraction of sp³-hybridized carbons (Fsp3) is 0.143. The van der Waals surface area contributed by atoms with Crippen LogP contribution in [-0.2, 0) is 4.79 Å². The van der Waals surface area contributed by atoms with Gasteiger partial charge in [0.2, 0.25) is 5.91 Å². The lowest BCUT2D eigenvalue weighted by Crippen LogP contribution is -2.13. The summed E-state index contributed by atoms with van der Waals surface area (Å²) < 4.78 is 0. The Morgan fingerprint density at radius 3 is 2.64 bits per heavy atom. The number of benzene rings is 1. The Labute approximate surface area is 172 Å². The number of pyridine rings is 2. The van der Waals surface area contributed by atoms with Crippen LogP contribution in [0.4, 0.5) is 5.82 Å². The number of nitriles is 1. The van der Waals surface area contributed by atoms with Crippen LogP contribution >= 0.6 is 23.4 Å². The Balaban J connectivity index is 1.63. The van der Waals surface area contributed by atoms with Gasteiger partial charge in [-0.25, -0.2) is 9.97 Å². The van der Waals surface area contributed by atoms with Crippen LogP contribution in [0.25, 0.3) is 11.3 Å². The molecule has 3 rings (SSSR count). The van der Waals surface area contributed by atoms with Gasteiger partial charge >= 0.3 is 0 Å². The summed E-state index contributed by atoms with van der Waals surface area (Å²) in [7, 11) is 0. The van der Waals surface area contributed by atoms with Crippen LogP contribution in [0, 0.1) is 18.3 Å². The Hall–Kier alpha value is -2.88.